The Kier molecular flexibility index (Phi) is 4.78. The van der Waals surface area contributed by atoms with Crippen molar-refractivity contribution in [3.63, 3.8) is 0 Å². The molecule has 0 aliphatic carbocycles. The molecule has 0 bridgehead atoms. The average molecular weight is 386 g/mol. The molecule has 146 valence electrons. The van der Waals surface area contributed by atoms with Gasteiger partial charge in [0.25, 0.3) is 0 Å². The summed E-state index contributed by atoms with van der Waals surface area (Å²) < 4.78 is 16.5. The van der Waals surface area contributed by atoms with E-state index in [1.54, 1.807) is 24.3 Å². The van der Waals surface area contributed by atoms with Gasteiger partial charge >= 0.3 is 0 Å². The Morgan fingerprint density at radius 3 is 2.50 bits per heavy atom. The molecule has 28 heavy (non-hydrogen) atoms. The first-order chi connectivity index (χ1) is 13.4. The van der Waals surface area contributed by atoms with Crippen molar-refractivity contribution in [3.8, 4) is 22.8 Å². The van der Waals surface area contributed by atoms with Crippen molar-refractivity contribution in [2.75, 3.05) is 6.61 Å². The monoisotopic (exact) mass is 386 g/mol. The number of aliphatic hydroxyl groups is 3. The summed E-state index contributed by atoms with van der Waals surface area (Å²) in [5, 5.41) is 39.4. The molecular weight excluding hydrogens is 368 g/mol. The van der Waals surface area contributed by atoms with Crippen LogP contribution in [0, 0.1) is 0 Å². The van der Waals surface area contributed by atoms with Crippen LogP contribution < -0.4 is 10.2 Å². The molecule has 2 aromatic carbocycles. The molecule has 4 atom stereocenters. The van der Waals surface area contributed by atoms with E-state index in [9.17, 15) is 25.2 Å². The van der Waals surface area contributed by atoms with Gasteiger partial charge in [-0.05, 0) is 0 Å². The summed E-state index contributed by atoms with van der Waals surface area (Å²) in [6.07, 6.45) is -5.61. The van der Waals surface area contributed by atoms with E-state index in [4.69, 9.17) is 13.9 Å². The molecule has 1 aliphatic heterocycles. The molecule has 0 radical (unpaired) electrons. The quantitative estimate of drug-likeness (QED) is 0.524. The molecule has 0 saturated carbocycles. The van der Waals surface area contributed by atoms with Crippen LogP contribution in [0.2, 0.25) is 0 Å². The van der Waals surface area contributed by atoms with Gasteiger partial charge in [-0.3, -0.25) is 4.79 Å². The Hall–Kier alpha value is -2.91. The summed E-state index contributed by atoms with van der Waals surface area (Å²) in [5.41, 5.74) is 0.365. The van der Waals surface area contributed by atoms with Crippen LogP contribution in [0.15, 0.2) is 57.7 Å². The Balaban J connectivity index is 1.76. The zero-order valence-corrected chi connectivity index (χ0v) is 14.6. The van der Waals surface area contributed by atoms with E-state index in [0.29, 0.717) is 11.3 Å². The van der Waals surface area contributed by atoms with Gasteiger partial charge in [0, 0.05) is 23.8 Å². The van der Waals surface area contributed by atoms with Crippen LogP contribution in [0.3, 0.4) is 0 Å². The predicted molar refractivity (Wildman–Crippen MR) is 98.0 cm³/mol. The molecule has 2 heterocycles. The minimum Gasteiger partial charge on any atom is -0.508 e. The number of hydrogen-bond donors (Lipinski definition) is 4. The van der Waals surface area contributed by atoms with Gasteiger partial charge in [-0.25, -0.2) is 0 Å². The van der Waals surface area contributed by atoms with Gasteiger partial charge in [-0.1, -0.05) is 30.3 Å². The highest BCUT2D eigenvalue weighted by atomic mass is 16.7. The highest BCUT2D eigenvalue weighted by Crippen LogP contribution is 2.33. The maximum Gasteiger partial charge on any atom is 0.228 e. The van der Waals surface area contributed by atoms with Gasteiger partial charge < -0.3 is 34.3 Å². The van der Waals surface area contributed by atoms with Crippen molar-refractivity contribution in [1.29, 1.82) is 0 Å². The zero-order valence-electron chi connectivity index (χ0n) is 14.6. The number of ether oxygens (including phenoxy) is 2. The number of aliphatic hydroxyl groups excluding tert-OH is 3. The first-order valence-corrected chi connectivity index (χ1v) is 8.63. The van der Waals surface area contributed by atoms with Crippen LogP contribution in [0.4, 0.5) is 0 Å². The van der Waals surface area contributed by atoms with Crippen molar-refractivity contribution in [3.05, 3.63) is 58.8 Å². The minimum atomic E-state index is -1.54. The smallest absolute Gasteiger partial charge is 0.228 e. The van der Waals surface area contributed by atoms with Crippen molar-refractivity contribution < 1.29 is 34.3 Å². The summed E-state index contributed by atoms with van der Waals surface area (Å²) in [5.74, 6) is 0.0277. The van der Waals surface area contributed by atoms with Crippen molar-refractivity contribution >= 4 is 11.0 Å². The van der Waals surface area contributed by atoms with Gasteiger partial charge in [0.15, 0.2) is 5.43 Å². The fourth-order valence-corrected chi connectivity index (χ4v) is 3.08. The van der Waals surface area contributed by atoms with E-state index in [2.05, 4.69) is 0 Å². The normalized spacial score (nSPS) is 25.0. The summed E-state index contributed by atoms with van der Waals surface area (Å²) in [6, 6.07) is 12.8. The lowest BCUT2D eigenvalue weighted by Gasteiger charge is -2.35. The van der Waals surface area contributed by atoms with Crippen LogP contribution in [-0.4, -0.2) is 51.6 Å². The van der Waals surface area contributed by atoms with Gasteiger partial charge in [-0.15, -0.1) is 0 Å². The molecule has 1 aliphatic rings. The van der Waals surface area contributed by atoms with E-state index in [1.165, 1.54) is 18.2 Å². The molecule has 8 nitrogen and oxygen atoms in total. The Labute approximate surface area is 158 Å². The molecule has 0 unspecified atom stereocenters. The number of fused-ring (bicyclic) bond motifs is 1. The van der Waals surface area contributed by atoms with Crippen LogP contribution in [0.5, 0.6) is 11.5 Å². The van der Waals surface area contributed by atoms with E-state index in [0.717, 1.165) is 0 Å². The fraction of sp³-hybridized carbons (Fsp3) is 0.250. The predicted octanol–water partition coefficient (Wildman–Crippen LogP) is 0.983. The summed E-state index contributed by atoms with van der Waals surface area (Å²) in [7, 11) is 0. The summed E-state index contributed by atoms with van der Waals surface area (Å²) >= 11 is 0. The Morgan fingerprint density at radius 2 is 1.75 bits per heavy atom. The van der Waals surface area contributed by atoms with E-state index >= 15 is 0 Å². The third-order valence-electron chi connectivity index (χ3n) is 4.53. The second-order valence-electron chi connectivity index (χ2n) is 6.53. The minimum absolute atomic E-state index is 0.0499. The summed E-state index contributed by atoms with van der Waals surface area (Å²) in [6.45, 7) is -0.258. The Bertz CT molecular complexity index is 1050. The second-order valence-corrected chi connectivity index (χ2v) is 6.53. The van der Waals surface area contributed by atoms with Crippen LogP contribution in [0.1, 0.15) is 0 Å². The SMILES string of the molecule is O=c1cc(-c2ccccc2)oc2cc(O)cc(O[C@@H]3OC[C@@H](O)[C@H](O)[C@H]3O)c12. The third-order valence-corrected chi connectivity index (χ3v) is 4.53. The number of hydrogen-bond acceptors (Lipinski definition) is 8. The molecule has 4 N–H and O–H groups in total. The van der Waals surface area contributed by atoms with Crippen LogP contribution in [-0.2, 0) is 4.74 Å². The van der Waals surface area contributed by atoms with Gasteiger partial charge in [0.1, 0.15) is 46.5 Å². The highest BCUT2D eigenvalue weighted by molar-refractivity contribution is 5.86. The molecule has 4 rings (SSSR count). The molecular formula is C20H18O8. The second kappa shape index (κ2) is 7.25. The molecule has 1 saturated heterocycles. The number of rotatable bonds is 3. The summed E-state index contributed by atoms with van der Waals surface area (Å²) in [4.78, 5) is 12.7. The van der Waals surface area contributed by atoms with Gasteiger partial charge in [0.05, 0.1) is 6.61 Å². The largest absolute Gasteiger partial charge is 0.508 e. The molecule has 1 aromatic heterocycles. The lowest BCUT2D eigenvalue weighted by atomic mass is 10.1. The van der Waals surface area contributed by atoms with Crippen molar-refractivity contribution in [2.45, 2.75) is 24.6 Å². The third kappa shape index (κ3) is 3.34. The van der Waals surface area contributed by atoms with Crippen molar-refractivity contribution in [2.24, 2.45) is 0 Å². The van der Waals surface area contributed by atoms with Gasteiger partial charge in [0.2, 0.25) is 6.29 Å². The standard InChI is InChI=1S/C20H18O8/c21-11-6-15-17(12(22)8-14(27-15)10-4-2-1-3-5-10)16(7-11)28-20-19(25)18(24)13(23)9-26-20/h1-8,13,18-21,23-25H,9H2/t13-,18+,19-,20+/m1/s1. The maximum absolute atomic E-state index is 12.7. The first-order valence-electron chi connectivity index (χ1n) is 8.63. The number of aromatic hydroxyl groups is 1. The van der Waals surface area contributed by atoms with E-state index in [-0.39, 0.29) is 29.1 Å². The fourth-order valence-electron chi connectivity index (χ4n) is 3.08. The number of phenolic OH excluding ortho intramolecular Hbond substituents is 1. The highest BCUT2D eigenvalue weighted by Gasteiger charge is 2.39. The van der Waals surface area contributed by atoms with E-state index < -0.39 is 30.0 Å². The molecule has 1 fully saturated rings. The molecule has 0 amide bonds. The van der Waals surface area contributed by atoms with Crippen LogP contribution in [0.25, 0.3) is 22.3 Å². The lowest BCUT2D eigenvalue weighted by molar-refractivity contribution is -0.241. The zero-order chi connectivity index (χ0) is 19.8. The number of phenols is 1. The number of benzene rings is 2. The topological polar surface area (TPSA) is 130 Å². The molecule has 3 aromatic rings. The molecule has 8 heteroatoms. The average Bonchev–Trinajstić information content (AvgIpc) is 2.68. The maximum atomic E-state index is 12.7. The molecule has 0 spiro atoms. The first kappa shape index (κ1) is 18.5. The van der Waals surface area contributed by atoms with E-state index in [1.807, 2.05) is 6.07 Å². The van der Waals surface area contributed by atoms with Crippen molar-refractivity contribution in [1.82, 2.24) is 0 Å². The van der Waals surface area contributed by atoms with Crippen LogP contribution >= 0.6 is 0 Å². The lowest BCUT2D eigenvalue weighted by Crippen LogP contribution is -2.54. The van der Waals surface area contributed by atoms with Gasteiger partial charge in [-0.2, -0.15) is 0 Å². The Morgan fingerprint density at radius 1 is 1.00 bits per heavy atom.